The number of hydrogen-bond donors (Lipinski definition) is 0. The molecule has 1 saturated carbocycles. The van der Waals surface area contributed by atoms with E-state index >= 15 is 0 Å². The third kappa shape index (κ3) is 3.25. The number of fused-ring (bicyclic) bond motifs is 1. The Morgan fingerprint density at radius 3 is 2.07 bits per heavy atom. The van der Waals surface area contributed by atoms with Crippen LogP contribution in [-0.2, 0) is 6.42 Å². The van der Waals surface area contributed by atoms with Crippen LogP contribution < -0.4 is 0 Å². The fourth-order valence-electron chi connectivity index (χ4n) is 4.87. The fraction of sp³-hybridized carbons (Fsp3) is 0.259. The quantitative estimate of drug-likeness (QED) is 0.457. The van der Waals surface area contributed by atoms with E-state index in [9.17, 15) is 0 Å². The number of hydrogen-bond acceptors (Lipinski definition) is 0. The van der Waals surface area contributed by atoms with Crippen LogP contribution >= 0.6 is 0 Å². The molecule has 2 aliphatic carbocycles. The van der Waals surface area contributed by atoms with Crippen molar-refractivity contribution in [2.75, 3.05) is 0 Å². The highest BCUT2D eigenvalue weighted by molar-refractivity contribution is 5.78. The Bertz CT molecular complexity index is 955. The summed E-state index contributed by atoms with van der Waals surface area (Å²) in [4.78, 5) is 0. The molecule has 0 heteroatoms. The van der Waals surface area contributed by atoms with Crippen LogP contribution in [0.1, 0.15) is 43.2 Å². The zero-order chi connectivity index (χ0) is 18.1. The van der Waals surface area contributed by atoms with Gasteiger partial charge in [-0.05, 0) is 58.6 Å². The summed E-state index contributed by atoms with van der Waals surface area (Å²) < 4.78 is 0. The molecule has 2 aliphatic rings. The van der Waals surface area contributed by atoms with E-state index in [1.807, 2.05) is 0 Å². The second kappa shape index (κ2) is 7.19. The second-order valence-corrected chi connectivity index (χ2v) is 8.05. The van der Waals surface area contributed by atoms with Crippen molar-refractivity contribution in [3.05, 3.63) is 89.5 Å². The first kappa shape index (κ1) is 16.6. The van der Waals surface area contributed by atoms with Crippen molar-refractivity contribution < 1.29 is 0 Å². The molecule has 0 heterocycles. The van der Waals surface area contributed by atoms with Crippen molar-refractivity contribution in [2.45, 2.75) is 38.5 Å². The highest BCUT2D eigenvalue weighted by atomic mass is 14.3. The van der Waals surface area contributed by atoms with Gasteiger partial charge in [0.15, 0.2) is 0 Å². The van der Waals surface area contributed by atoms with Crippen molar-refractivity contribution >= 4 is 6.08 Å². The van der Waals surface area contributed by atoms with Crippen LogP contribution in [0.2, 0.25) is 0 Å². The first-order chi connectivity index (χ1) is 13.4. The molecule has 0 aliphatic heterocycles. The van der Waals surface area contributed by atoms with Gasteiger partial charge in [0, 0.05) is 0 Å². The Kier molecular flexibility index (Phi) is 4.41. The van der Waals surface area contributed by atoms with Crippen LogP contribution in [0.25, 0.3) is 28.3 Å². The molecule has 0 radical (unpaired) electrons. The molecule has 5 rings (SSSR count). The molecule has 3 aromatic carbocycles. The van der Waals surface area contributed by atoms with Gasteiger partial charge >= 0.3 is 0 Å². The Morgan fingerprint density at radius 1 is 0.593 bits per heavy atom. The van der Waals surface area contributed by atoms with E-state index in [1.54, 1.807) is 5.57 Å². The normalized spacial score (nSPS) is 16.8. The third-order valence-corrected chi connectivity index (χ3v) is 6.37. The van der Waals surface area contributed by atoms with Gasteiger partial charge in [-0.15, -0.1) is 0 Å². The van der Waals surface area contributed by atoms with E-state index in [4.69, 9.17) is 0 Å². The van der Waals surface area contributed by atoms with Crippen LogP contribution in [0.3, 0.4) is 0 Å². The minimum absolute atomic E-state index is 0.819. The van der Waals surface area contributed by atoms with Crippen LogP contribution in [0.15, 0.2) is 78.4 Å². The lowest BCUT2D eigenvalue weighted by Gasteiger charge is -2.23. The SMILES string of the molecule is C1=C(C2CCCCC2)Cc2c1cccc2-c1ccc(-c2ccccc2)cc1. The average Bonchev–Trinajstić information content (AvgIpc) is 3.20. The maximum atomic E-state index is 2.49. The summed E-state index contributed by atoms with van der Waals surface area (Å²) in [6, 6.07) is 26.5. The lowest BCUT2D eigenvalue weighted by molar-refractivity contribution is 0.401. The monoisotopic (exact) mass is 350 g/mol. The molecule has 1 fully saturated rings. The molecule has 0 unspecified atom stereocenters. The molecular formula is C27H26. The molecule has 27 heavy (non-hydrogen) atoms. The molecular weight excluding hydrogens is 324 g/mol. The lowest BCUT2D eigenvalue weighted by Crippen LogP contribution is -2.09. The summed E-state index contributed by atoms with van der Waals surface area (Å²) >= 11 is 0. The predicted molar refractivity (Wildman–Crippen MR) is 116 cm³/mol. The molecule has 0 aromatic heterocycles. The van der Waals surface area contributed by atoms with Gasteiger partial charge in [0.25, 0.3) is 0 Å². The van der Waals surface area contributed by atoms with Gasteiger partial charge in [0.05, 0.1) is 0 Å². The second-order valence-electron chi connectivity index (χ2n) is 8.05. The maximum absolute atomic E-state index is 2.49. The van der Waals surface area contributed by atoms with E-state index in [2.05, 4.69) is 78.9 Å². The summed E-state index contributed by atoms with van der Waals surface area (Å²) in [5.41, 5.74) is 9.97. The maximum Gasteiger partial charge on any atom is -0.00489 e. The van der Waals surface area contributed by atoms with E-state index in [0.717, 1.165) is 12.3 Å². The third-order valence-electron chi connectivity index (χ3n) is 6.37. The molecule has 0 bridgehead atoms. The fourth-order valence-corrected chi connectivity index (χ4v) is 4.87. The minimum atomic E-state index is 0.819. The van der Waals surface area contributed by atoms with Crippen LogP contribution in [0, 0.1) is 5.92 Å². The van der Waals surface area contributed by atoms with Crippen molar-refractivity contribution in [1.29, 1.82) is 0 Å². The van der Waals surface area contributed by atoms with Crippen LogP contribution in [-0.4, -0.2) is 0 Å². The van der Waals surface area contributed by atoms with Gasteiger partial charge in [0.1, 0.15) is 0 Å². The average molecular weight is 351 g/mol. The molecule has 0 saturated heterocycles. The van der Waals surface area contributed by atoms with E-state index < -0.39 is 0 Å². The zero-order valence-corrected chi connectivity index (χ0v) is 15.8. The molecule has 3 aromatic rings. The Balaban J connectivity index is 1.43. The van der Waals surface area contributed by atoms with E-state index in [1.165, 1.54) is 65.5 Å². The highest BCUT2D eigenvalue weighted by Gasteiger charge is 2.24. The Labute approximate surface area is 162 Å². The molecule has 0 atom stereocenters. The van der Waals surface area contributed by atoms with Crippen molar-refractivity contribution in [2.24, 2.45) is 5.92 Å². The molecule has 0 spiro atoms. The highest BCUT2D eigenvalue weighted by Crippen LogP contribution is 2.40. The summed E-state index contributed by atoms with van der Waals surface area (Å²) in [5, 5.41) is 0. The zero-order valence-electron chi connectivity index (χ0n) is 15.8. The van der Waals surface area contributed by atoms with E-state index in [0.29, 0.717) is 0 Å². The first-order valence-electron chi connectivity index (χ1n) is 10.4. The van der Waals surface area contributed by atoms with Gasteiger partial charge in [-0.1, -0.05) is 104 Å². The lowest BCUT2D eigenvalue weighted by atomic mass is 9.82. The molecule has 134 valence electrons. The number of allylic oxidation sites excluding steroid dienone is 1. The molecule has 0 nitrogen and oxygen atoms in total. The summed E-state index contributed by atoms with van der Waals surface area (Å²) in [5.74, 6) is 0.819. The van der Waals surface area contributed by atoms with Gasteiger partial charge in [-0.2, -0.15) is 0 Å². The van der Waals surface area contributed by atoms with Crippen molar-refractivity contribution in [3.63, 3.8) is 0 Å². The van der Waals surface area contributed by atoms with Gasteiger partial charge < -0.3 is 0 Å². The van der Waals surface area contributed by atoms with Crippen LogP contribution in [0.5, 0.6) is 0 Å². The first-order valence-corrected chi connectivity index (χ1v) is 10.4. The number of benzene rings is 3. The summed E-state index contributed by atoms with van der Waals surface area (Å²) in [7, 11) is 0. The predicted octanol–water partition coefficient (Wildman–Crippen LogP) is 7.54. The van der Waals surface area contributed by atoms with Crippen LogP contribution in [0.4, 0.5) is 0 Å². The van der Waals surface area contributed by atoms with Crippen molar-refractivity contribution in [1.82, 2.24) is 0 Å². The minimum Gasteiger partial charge on any atom is -0.0622 e. The Morgan fingerprint density at radius 2 is 1.30 bits per heavy atom. The molecule has 0 N–H and O–H groups in total. The smallest absolute Gasteiger partial charge is 0.00489 e. The standard InChI is InChI=1S/C27H26/c1-3-8-20(9-4-1)22-14-16-23(17-15-22)26-13-7-12-24-18-25(19-27(24)26)21-10-5-2-6-11-21/h1,3-4,7-9,12-18,21H,2,5-6,10-11,19H2. The summed E-state index contributed by atoms with van der Waals surface area (Å²) in [6.07, 6.45) is 10.7. The van der Waals surface area contributed by atoms with Gasteiger partial charge in [-0.3, -0.25) is 0 Å². The van der Waals surface area contributed by atoms with E-state index in [-0.39, 0.29) is 0 Å². The Hall–Kier alpha value is -2.60. The largest absolute Gasteiger partial charge is 0.0622 e. The molecule has 0 amide bonds. The number of rotatable bonds is 3. The topological polar surface area (TPSA) is 0 Å². The van der Waals surface area contributed by atoms with Gasteiger partial charge in [-0.25, -0.2) is 0 Å². The summed E-state index contributed by atoms with van der Waals surface area (Å²) in [6.45, 7) is 0. The van der Waals surface area contributed by atoms with Gasteiger partial charge in [0.2, 0.25) is 0 Å². The van der Waals surface area contributed by atoms with Crippen molar-refractivity contribution in [3.8, 4) is 22.3 Å².